The topological polar surface area (TPSA) is 115 Å². The minimum Gasteiger partial charge on any atom is -0.291 e. The summed E-state index contributed by atoms with van der Waals surface area (Å²) in [5, 5.41) is 18.9. The van der Waals surface area contributed by atoms with Crippen LogP contribution in [0.3, 0.4) is 0 Å². The molecule has 0 atom stereocenters. The van der Waals surface area contributed by atoms with Crippen molar-refractivity contribution in [2.75, 3.05) is 0 Å². The fourth-order valence-electron chi connectivity index (χ4n) is 3.65. The molecular weight excluding hydrogens is 416 g/mol. The SMILES string of the molecule is CCCCC(=O)c1nc(CCCC)n(Cc2ccc(-c3cnccc3-c3nn[nH]n3)cc2)n1. The number of H-pyrrole nitrogens is 1. The van der Waals surface area contributed by atoms with Crippen molar-refractivity contribution in [1.82, 2.24) is 40.4 Å². The number of pyridine rings is 1. The van der Waals surface area contributed by atoms with Crippen molar-refractivity contribution < 1.29 is 4.79 Å². The van der Waals surface area contributed by atoms with Crippen molar-refractivity contribution in [3.63, 3.8) is 0 Å². The molecule has 1 N–H and O–H groups in total. The number of hydrogen-bond donors (Lipinski definition) is 1. The van der Waals surface area contributed by atoms with Gasteiger partial charge in [-0.05, 0) is 35.2 Å². The Kier molecular flexibility index (Phi) is 7.29. The van der Waals surface area contributed by atoms with Crippen molar-refractivity contribution >= 4 is 5.78 Å². The monoisotopic (exact) mass is 444 g/mol. The summed E-state index contributed by atoms with van der Waals surface area (Å²) in [6.07, 6.45) is 8.74. The average molecular weight is 445 g/mol. The average Bonchev–Trinajstić information content (AvgIpc) is 3.52. The second-order valence-corrected chi connectivity index (χ2v) is 7.99. The number of nitrogens with zero attached hydrogens (tertiary/aromatic N) is 7. The van der Waals surface area contributed by atoms with Crippen molar-refractivity contribution in [2.24, 2.45) is 0 Å². The molecule has 0 aliphatic carbocycles. The number of nitrogens with one attached hydrogen (secondary N) is 1. The highest BCUT2D eigenvalue weighted by atomic mass is 16.1. The van der Waals surface area contributed by atoms with E-state index in [1.807, 2.05) is 22.9 Å². The van der Waals surface area contributed by atoms with Gasteiger partial charge in [-0.3, -0.25) is 9.78 Å². The van der Waals surface area contributed by atoms with E-state index in [4.69, 9.17) is 0 Å². The van der Waals surface area contributed by atoms with Crippen molar-refractivity contribution in [2.45, 2.75) is 58.9 Å². The van der Waals surface area contributed by atoms with E-state index in [0.29, 0.717) is 24.6 Å². The molecule has 1 aromatic carbocycles. The summed E-state index contributed by atoms with van der Waals surface area (Å²) in [4.78, 5) is 21.3. The molecule has 0 unspecified atom stereocenters. The van der Waals surface area contributed by atoms with E-state index < -0.39 is 0 Å². The molecule has 0 saturated carbocycles. The van der Waals surface area contributed by atoms with E-state index in [0.717, 1.165) is 60.2 Å². The van der Waals surface area contributed by atoms with E-state index >= 15 is 0 Å². The molecule has 9 heteroatoms. The largest absolute Gasteiger partial charge is 0.291 e. The van der Waals surface area contributed by atoms with Crippen LogP contribution in [0.25, 0.3) is 22.5 Å². The van der Waals surface area contributed by atoms with Gasteiger partial charge in [-0.2, -0.15) is 5.21 Å². The highest BCUT2D eigenvalue weighted by Crippen LogP contribution is 2.29. The van der Waals surface area contributed by atoms with Crippen LogP contribution < -0.4 is 0 Å². The molecule has 3 heterocycles. The highest BCUT2D eigenvalue weighted by Gasteiger charge is 2.16. The van der Waals surface area contributed by atoms with Crippen molar-refractivity contribution in [1.29, 1.82) is 0 Å². The number of benzene rings is 1. The number of tetrazole rings is 1. The van der Waals surface area contributed by atoms with Crippen LogP contribution in [0.15, 0.2) is 42.7 Å². The maximum atomic E-state index is 12.5. The van der Waals surface area contributed by atoms with Gasteiger partial charge in [0.15, 0.2) is 0 Å². The number of Topliss-reactive ketones (excluding diaryl/α,β-unsaturated/α-hetero) is 1. The number of rotatable bonds is 11. The molecule has 0 aliphatic heterocycles. The summed E-state index contributed by atoms with van der Waals surface area (Å²) in [5.41, 5.74) is 3.88. The van der Waals surface area contributed by atoms with E-state index in [1.54, 1.807) is 12.4 Å². The van der Waals surface area contributed by atoms with Gasteiger partial charge in [-0.25, -0.2) is 9.67 Å². The summed E-state index contributed by atoms with van der Waals surface area (Å²) in [6, 6.07) is 10.1. The molecule has 3 aromatic heterocycles. The second kappa shape index (κ2) is 10.7. The predicted octanol–water partition coefficient (Wildman–Crippen LogP) is 4.28. The number of unbranched alkanes of at least 4 members (excludes halogenated alkanes) is 2. The van der Waals surface area contributed by atoms with Gasteiger partial charge < -0.3 is 0 Å². The van der Waals surface area contributed by atoms with Crippen LogP contribution in [-0.2, 0) is 13.0 Å². The molecule has 4 rings (SSSR count). The normalized spacial score (nSPS) is 11.1. The molecule has 9 nitrogen and oxygen atoms in total. The Balaban J connectivity index is 1.56. The summed E-state index contributed by atoms with van der Waals surface area (Å²) >= 11 is 0. The van der Waals surface area contributed by atoms with Crippen LogP contribution in [0, 0.1) is 0 Å². The molecule has 0 bridgehead atoms. The molecule has 0 spiro atoms. The second-order valence-electron chi connectivity index (χ2n) is 7.99. The van der Waals surface area contributed by atoms with Crippen LogP contribution >= 0.6 is 0 Å². The summed E-state index contributed by atoms with van der Waals surface area (Å²) in [6.45, 7) is 4.79. The molecule has 4 aromatic rings. The fraction of sp³-hybridized carbons (Fsp3) is 0.375. The molecular formula is C24H28N8O. The third-order valence-electron chi connectivity index (χ3n) is 5.51. The van der Waals surface area contributed by atoms with Gasteiger partial charge in [-0.1, -0.05) is 51.0 Å². The number of hydrogen-bond acceptors (Lipinski definition) is 7. The minimum atomic E-state index is 0.0225. The summed E-state index contributed by atoms with van der Waals surface area (Å²) in [7, 11) is 0. The van der Waals surface area contributed by atoms with Crippen LogP contribution in [0.5, 0.6) is 0 Å². The Bertz CT molecular complexity index is 1180. The lowest BCUT2D eigenvalue weighted by atomic mass is 10.0. The first kappa shape index (κ1) is 22.4. The zero-order chi connectivity index (χ0) is 23.0. The summed E-state index contributed by atoms with van der Waals surface area (Å²) in [5.74, 6) is 1.76. The zero-order valence-corrected chi connectivity index (χ0v) is 19.0. The van der Waals surface area contributed by atoms with Crippen molar-refractivity contribution in [3.8, 4) is 22.5 Å². The van der Waals surface area contributed by atoms with Crippen molar-refractivity contribution in [3.05, 3.63) is 59.9 Å². The lowest BCUT2D eigenvalue weighted by molar-refractivity contribution is 0.0969. The van der Waals surface area contributed by atoms with Crippen LogP contribution in [0.1, 0.15) is 68.0 Å². The number of aryl methyl sites for hydroxylation is 1. The van der Waals surface area contributed by atoms with Crippen LogP contribution in [0.4, 0.5) is 0 Å². The smallest absolute Gasteiger partial charge is 0.217 e. The highest BCUT2D eigenvalue weighted by molar-refractivity contribution is 5.92. The first-order valence-electron chi connectivity index (χ1n) is 11.4. The predicted molar refractivity (Wildman–Crippen MR) is 124 cm³/mol. The maximum absolute atomic E-state index is 12.5. The first-order valence-corrected chi connectivity index (χ1v) is 11.4. The van der Waals surface area contributed by atoms with Gasteiger partial charge in [0.05, 0.1) is 6.54 Å². The number of carbonyl (C=O) groups excluding carboxylic acids is 1. The Morgan fingerprint density at radius 2 is 1.85 bits per heavy atom. The molecule has 170 valence electrons. The lowest BCUT2D eigenvalue weighted by Crippen LogP contribution is -2.08. The molecule has 0 radical (unpaired) electrons. The lowest BCUT2D eigenvalue weighted by Gasteiger charge is -2.09. The molecule has 0 saturated heterocycles. The van der Waals surface area contributed by atoms with Gasteiger partial charge in [0.25, 0.3) is 0 Å². The van der Waals surface area contributed by atoms with E-state index in [-0.39, 0.29) is 5.78 Å². The number of ketones is 1. The summed E-state index contributed by atoms with van der Waals surface area (Å²) < 4.78 is 1.87. The fourth-order valence-corrected chi connectivity index (χ4v) is 3.65. The minimum absolute atomic E-state index is 0.0225. The van der Waals surface area contributed by atoms with E-state index in [9.17, 15) is 4.79 Å². The number of carbonyl (C=O) groups is 1. The van der Waals surface area contributed by atoms with Gasteiger partial charge in [0, 0.05) is 36.4 Å². The standard InChI is InChI=1S/C24H28N8O/c1-3-5-7-21(33)24-26-22(8-6-4-2)32(29-24)16-17-9-11-18(12-10-17)20-15-25-14-13-19(20)23-27-30-31-28-23/h9-15H,3-8,16H2,1-2H3,(H,27,28,30,31). The van der Waals surface area contributed by atoms with Gasteiger partial charge in [0.1, 0.15) is 5.82 Å². The van der Waals surface area contributed by atoms with Gasteiger partial charge in [-0.15, -0.1) is 15.3 Å². The Morgan fingerprint density at radius 3 is 2.58 bits per heavy atom. The number of aromatic nitrogens is 8. The van der Waals surface area contributed by atoms with Gasteiger partial charge in [0.2, 0.25) is 17.4 Å². The molecule has 0 amide bonds. The number of aromatic amines is 1. The van der Waals surface area contributed by atoms with Gasteiger partial charge >= 0.3 is 0 Å². The van der Waals surface area contributed by atoms with E-state index in [1.165, 1.54) is 0 Å². The quantitative estimate of drug-likeness (QED) is 0.343. The zero-order valence-electron chi connectivity index (χ0n) is 19.0. The maximum Gasteiger partial charge on any atom is 0.217 e. The van der Waals surface area contributed by atoms with Crippen LogP contribution in [0.2, 0.25) is 0 Å². The van der Waals surface area contributed by atoms with Crippen LogP contribution in [-0.4, -0.2) is 46.2 Å². The third-order valence-corrected chi connectivity index (χ3v) is 5.51. The first-order chi connectivity index (χ1) is 16.2. The Hall–Kier alpha value is -3.75. The molecule has 0 fully saturated rings. The molecule has 0 aliphatic rings. The third kappa shape index (κ3) is 5.36. The molecule has 33 heavy (non-hydrogen) atoms. The Labute approximate surface area is 192 Å². The Morgan fingerprint density at radius 1 is 1.03 bits per heavy atom. The van der Waals surface area contributed by atoms with E-state index in [2.05, 4.69) is 61.7 Å².